The van der Waals surface area contributed by atoms with Crippen molar-refractivity contribution in [3.63, 3.8) is 0 Å². The molecule has 0 spiro atoms. The van der Waals surface area contributed by atoms with Crippen LogP contribution >= 0.6 is 0 Å². The minimum Gasteiger partial charge on any atom is -0.369 e. The summed E-state index contributed by atoms with van der Waals surface area (Å²) in [6.07, 6.45) is 0. The molecule has 0 atom stereocenters. The summed E-state index contributed by atoms with van der Waals surface area (Å²) in [5.74, 6) is -0.892. The number of benzene rings is 1. The molecule has 2 aromatic rings. The van der Waals surface area contributed by atoms with E-state index in [0.29, 0.717) is 24.4 Å². The third kappa shape index (κ3) is 5.61. The molecule has 10 heteroatoms. The lowest BCUT2D eigenvalue weighted by Crippen LogP contribution is -2.29. The van der Waals surface area contributed by atoms with Crippen molar-refractivity contribution >= 4 is 21.8 Å². The fourth-order valence-corrected chi connectivity index (χ4v) is 3.11. The van der Waals surface area contributed by atoms with Gasteiger partial charge in [0.15, 0.2) is 0 Å². The number of nitrogens with one attached hydrogen (secondary N) is 3. The molecule has 7 nitrogen and oxygen atoms in total. The molecule has 0 aliphatic heterocycles. The zero-order valence-electron chi connectivity index (χ0n) is 13.8. The highest BCUT2D eigenvalue weighted by Gasteiger charge is 2.15. The molecule has 0 aliphatic carbocycles. The molecular weight excluding hydrogens is 352 g/mol. The summed E-state index contributed by atoms with van der Waals surface area (Å²) >= 11 is 0. The molecular formula is C15H19F2N5O2S. The van der Waals surface area contributed by atoms with Crippen molar-refractivity contribution in [3.05, 3.63) is 41.6 Å². The molecule has 1 aromatic carbocycles. The molecule has 1 aromatic heterocycles. The highest BCUT2D eigenvalue weighted by Crippen LogP contribution is 2.13. The van der Waals surface area contributed by atoms with Crippen molar-refractivity contribution in [2.24, 2.45) is 0 Å². The summed E-state index contributed by atoms with van der Waals surface area (Å²) in [6.45, 7) is 4.66. The first-order valence-corrected chi connectivity index (χ1v) is 9.07. The van der Waals surface area contributed by atoms with Crippen molar-refractivity contribution in [3.8, 4) is 0 Å². The first-order valence-electron chi connectivity index (χ1n) is 7.59. The predicted molar refractivity (Wildman–Crippen MR) is 91.0 cm³/mol. The average molecular weight is 371 g/mol. The summed E-state index contributed by atoms with van der Waals surface area (Å²) in [5.41, 5.74) is 0.754. The van der Waals surface area contributed by atoms with E-state index in [-0.39, 0.29) is 13.1 Å². The van der Waals surface area contributed by atoms with Crippen molar-refractivity contribution in [2.45, 2.75) is 18.7 Å². The van der Waals surface area contributed by atoms with Gasteiger partial charge in [-0.05, 0) is 26.0 Å². The lowest BCUT2D eigenvalue weighted by atomic mass is 10.3. The van der Waals surface area contributed by atoms with Crippen LogP contribution in [-0.2, 0) is 10.0 Å². The van der Waals surface area contributed by atoms with Crippen LogP contribution in [0.15, 0.2) is 29.2 Å². The van der Waals surface area contributed by atoms with Gasteiger partial charge in [0.2, 0.25) is 16.0 Å². The predicted octanol–water partition coefficient (Wildman–Crippen LogP) is 1.89. The number of sulfonamides is 1. The number of anilines is 2. The van der Waals surface area contributed by atoms with Crippen molar-refractivity contribution in [1.29, 1.82) is 0 Å². The number of hydrogen-bond acceptors (Lipinski definition) is 6. The van der Waals surface area contributed by atoms with E-state index in [2.05, 4.69) is 25.3 Å². The van der Waals surface area contributed by atoms with Crippen LogP contribution in [0.25, 0.3) is 0 Å². The Labute approximate surface area is 144 Å². The Bertz CT molecular complexity index is 826. The van der Waals surface area contributed by atoms with Crippen molar-refractivity contribution in [2.75, 3.05) is 30.3 Å². The van der Waals surface area contributed by atoms with Crippen LogP contribution in [0.4, 0.5) is 20.5 Å². The van der Waals surface area contributed by atoms with Gasteiger partial charge in [0.25, 0.3) is 0 Å². The molecule has 0 radical (unpaired) electrons. The van der Waals surface area contributed by atoms with E-state index in [1.807, 2.05) is 13.8 Å². The maximum atomic E-state index is 13.1. The SMILES string of the molecule is CCNc1nc(C)cc(NCCNS(=O)(=O)c2cc(F)cc(F)c2)n1. The first-order chi connectivity index (χ1) is 11.8. The van der Waals surface area contributed by atoms with E-state index in [4.69, 9.17) is 0 Å². The lowest BCUT2D eigenvalue weighted by molar-refractivity contribution is 0.562. The van der Waals surface area contributed by atoms with Crippen LogP contribution in [0.5, 0.6) is 0 Å². The van der Waals surface area contributed by atoms with Crippen LogP contribution in [0, 0.1) is 18.6 Å². The smallest absolute Gasteiger partial charge is 0.240 e. The molecule has 136 valence electrons. The van der Waals surface area contributed by atoms with Crippen molar-refractivity contribution in [1.82, 2.24) is 14.7 Å². The van der Waals surface area contributed by atoms with Gasteiger partial charge in [0.05, 0.1) is 4.90 Å². The normalized spacial score (nSPS) is 11.4. The molecule has 2 rings (SSSR count). The molecule has 25 heavy (non-hydrogen) atoms. The fourth-order valence-electron chi connectivity index (χ4n) is 2.04. The molecule has 0 bridgehead atoms. The zero-order chi connectivity index (χ0) is 18.4. The van der Waals surface area contributed by atoms with Gasteiger partial charge in [-0.1, -0.05) is 0 Å². The van der Waals surface area contributed by atoms with E-state index < -0.39 is 26.6 Å². The Hall–Kier alpha value is -2.33. The number of aromatic nitrogens is 2. The van der Waals surface area contributed by atoms with Crippen molar-refractivity contribution < 1.29 is 17.2 Å². The van der Waals surface area contributed by atoms with Crippen LogP contribution in [0.2, 0.25) is 0 Å². The van der Waals surface area contributed by atoms with Gasteiger partial charge in [-0.3, -0.25) is 0 Å². The summed E-state index contributed by atoms with van der Waals surface area (Å²) in [6, 6.07) is 3.85. The molecule has 0 saturated carbocycles. The standard InChI is InChI=1S/C15H19F2N5O2S/c1-3-18-15-21-10(2)6-14(22-15)19-4-5-20-25(23,24)13-8-11(16)7-12(17)9-13/h6-9,20H,3-5H2,1-2H3,(H2,18,19,21,22). The van der Waals surface area contributed by atoms with Gasteiger partial charge in [-0.15, -0.1) is 0 Å². The van der Waals surface area contributed by atoms with Gasteiger partial charge < -0.3 is 10.6 Å². The minimum atomic E-state index is -4.00. The second kappa shape index (κ2) is 8.17. The van der Waals surface area contributed by atoms with E-state index in [1.54, 1.807) is 6.07 Å². The van der Waals surface area contributed by atoms with Crippen LogP contribution < -0.4 is 15.4 Å². The highest BCUT2D eigenvalue weighted by atomic mass is 32.2. The van der Waals surface area contributed by atoms with Crippen LogP contribution in [0.1, 0.15) is 12.6 Å². The Morgan fingerprint density at radius 3 is 2.32 bits per heavy atom. The van der Waals surface area contributed by atoms with E-state index in [1.165, 1.54) is 0 Å². The molecule has 0 fully saturated rings. The molecule has 1 heterocycles. The largest absolute Gasteiger partial charge is 0.369 e. The summed E-state index contributed by atoms with van der Waals surface area (Å²) in [4.78, 5) is 7.97. The third-order valence-corrected chi connectivity index (χ3v) is 4.50. The van der Waals surface area contributed by atoms with Gasteiger partial charge in [-0.25, -0.2) is 26.9 Å². The number of hydrogen-bond donors (Lipinski definition) is 3. The second-order valence-electron chi connectivity index (χ2n) is 5.18. The van der Waals surface area contributed by atoms with Crippen LogP contribution in [-0.4, -0.2) is 38.0 Å². The molecule has 0 saturated heterocycles. The average Bonchev–Trinajstić information content (AvgIpc) is 2.50. The number of nitrogens with zero attached hydrogens (tertiary/aromatic N) is 2. The molecule has 0 unspecified atom stereocenters. The minimum absolute atomic E-state index is 0.0139. The number of rotatable bonds is 8. The fraction of sp³-hybridized carbons (Fsp3) is 0.333. The Morgan fingerprint density at radius 2 is 1.68 bits per heavy atom. The second-order valence-corrected chi connectivity index (χ2v) is 6.95. The monoisotopic (exact) mass is 371 g/mol. The molecule has 0 aliphatic rings. The van der Waals surface area contributed by atoms with Gasteiger partial charge in [0.1, 0.15) is 17.5 Å². The Kier molecular flexibility index (Phi) is 6.21. The zero-order valence-corrected chi connectivity index (χ0v) is 14.6. The maximum absolute atomic E-state index is 13.1. The molecule has 3 N–H and O–H groups in total. The lowest BCUT2D eigenvalue weighted by Gasteiger charge is -2.10. The Balaban J connectivity index is 1.94. The number of aryl methyl sites for hydroxylation is 1. The van der Waals surface area contributed by atoms with Gasteiger partial charge in [-0.2, -0.15) is 4.98 Å². The highest BCUT2D eigenvalue weighted by molar-refractivity contribution is 7.89. The maximum Gasteiger partial charge on any atom is 0.240 e. The third-order valence-electron chi connectivity index (χ3n) is 3.06. The summed E-state index contributed by atoms with van der Waals surface area (Å²) < 4.78 is 52.6. The van der Waals surface area contributed by atoms with Gasteiger partial charge in [0, 0.05) is 37.5 Å². The van der Waals surface area contributed by atoms with Crippen LogP contribution in [0.3, 0.4) is 0 Å². The summed E-state index contributed by atoms with van der Waals surface area (Å²) in [5, 5.41) is 5.96. The molecule has 0 amide bonds. The quantitative estimate of drug-likeness (QED) is 0.613. The van der Waals surface area contributed by atoms with E-state index in [9.17, 15) is 17.2 Å². The van der Waals surface area contributed by atoms with Gasteiger partial charge >= 0.3 is 0 Å². The number of halogens is 2. The Morgan fingerprint density at radius 1 is 1.00 bits per heavy atom. The topological polar surface area (TPSA) is 96.0 Å². The van der Waals surface area contributed by atoms with E-state index >= 15 is 0 Å². The van der Waals surface area contributed by atoms with E-state index in [0.717, 1.165) is 17.8 Å². The first kappa shape index (κ1) is 19.0. The summed E-state index contributed by atoms with van der Waals surface area (Å²) in [7, 11) is -4.00.